The average Bonchev–Trinajstić information content (AvgIpc) is 2.56. The van der Waals surface area contributed by atoms with Crippen LogP contribution in [0.2, 0.25) is 0 Å². The molecule has 0 saturated carbocycles. The highest BCUT2D eigenvalue weighted by molar-refractivity contribution is 8.00. The molecule has 1 N–H and O–H groups in total. The minimum atomic E-state index is -0.292. The molecular formula is C21H25NO2S. The fraction of sp³-hybridized carbons (Fsp3) is 0.381. The van der Waals surface area contributed by atoms with Crippen LogP contribution >= 0.6 is 11.8 Å². The molecule has 4 heteroatoms. The lowest BCUT2D eigenvalue weighted by molar-refractivity contribution is -0.121. The monoisotopic (exact) mass is 355 g/mol. The molecule has 2 atom stereocenters. The van der Waals surface area contributed by atoms with Crippen LogP contribution in [-0.2, 0) is 4.79 Å². The highest BCUT2D eigenvalue weighted by Gasteiger charge is 2.34. The molecule has 0 spiro atoms. The smallest absolute Gasteiger partial charge is 0.233 e. The van der Waals surface area contributed by atoms with Crippen molar-refractivity contribution in [1.82, 2.24) is 5.32 Å². The number of amides is 1. The number of benzene rings is 2. The van der Waals surface area contributed by atoms with E-state index < -0.39 is 0 Å². The normalized spacial score (nSPS) is 19.4. The maximum atomic E-state index is 12.7. The minimum absolute atomic E-state index is 0.0199. The number of nitrogens with one attached hydrogen (secondary N) is 1. The van der Waals surface area contributed by atoms with Gasteiger partial charge in [-0.1, -0.05) is 35.9 Å². The van der Waals surface area contributed by atoms with Gasteiger partial charge in [0.1, 0.15) is 11.4 Å². The zero-order valence-electron chi connectivity index (χ0n) is 15.2. The predicted molar refractivity (Wildman–Crippen MR) is 103 cm³/mol. The van der Waals surface area contributed by atoms with Crippen LogP contribution in [0.3, 0.4) is 0 Å². The van der Waals surface area contributed by atoms with E-state index in [0.29, 0.717) is 0 Å². The van der Waals surface area contributed by atoms with Crippen molar-refractivity contribution in [3.63, 3.8) is 0 Å². The van der Waals surface area contributed by atoms with Crippen molar-refractivity contribution in [3.8, 4) is 5.75 Å². The molecule has 0 aromatic heterocycles. The number of rotatable bonds is 4. The quantitative estimate of drug-likeness (QED) is 0.793. The highest BCUT2D eigenvalue weighted by Crippen LogP contribution is 2.39. The number of carbonyl (C=O) groups excluding carboxylic acids is 1. The van der Waals surface area contributed by atoms with Crippen LogP contribution in [-0.4, -0.2) is 16.8 Å². The molecule has 2 aromatic carbocycles. The average molecular weight is 356 g/mol. The third-order valence-electron chi connectivity index (χ3n) is 4.40. The molecule has 25 heavy (non-hydrogen) atoms. The Kier molecular flexibility index (Phi) is 5.09. The van der Waals surface area contributed by atoms with E-state index in [0.717, 1.165) is 22.6 Å². The van der Waals surface area contributed by atoms with Crippen LogP contribution in [0, 0.1) is 6.92 Å². The molecule has 0 fully saturated rings. The first-order chi connectivity index (χ1) is 11.8. The molecule has 2 aromatic rings. The zero-order valence-corrected chi connectivity index (χ0v) is 16.0. The summed E-state index contributed by atoms with van der Waals surface area (Å²) in [5, 5.41) is 3.07. The number of thioether (sulfide) groups is 1. The topological polar surface area (TPSA) is 38.3 Å². The molecule has 0 saturated heterocycles. The Morgan fingerprint density at radius 3 is 2.60 bits per heavy atom. The van der Waals surface area contributed by atoms with Gasteiger partial charge in [-0.05, 0) is 45.9 Å². The van der Waals surface area contributed by atoms with Gasteiger partial charge in [0.05, 0.1) is 11.3 Å². The van der Waals surface area contributed by atoms with E-state index in [9.17, 15) is 4.79 Å². The third kappa shape index (κ3) is 4.37. The van der Waals surface area contributed by atoms with Gasteiger partial charge < -0.3 is 10.1 Å². The second kappa shape index (κ2) is 7.12. The third-order valence-corrected chi connectivity index (χ3v) is 5.51. The van der Waals surface area contributed by atoms with Crippen LogP contribution in [0.25, 0.3) is 0 Å². The summed E-state index contributed by atoms with van der Waals surface area (Å²) in [6, 6.07) is 16.2. The van der Waals surface area contributed by atoms with E-state index in [1.807, 2.05) is 31.2 Å². The Bertz CT molecular complexity index is 755. The van der Waals surface area contributed by atoms with E-state index in [2.05, 4.69) is 50.4 Å². The van der Waals surface area contributed by atoms with Crippen molar-refractivity contribution < 1.29 is 9.53 Å². The Hall–Kier alpha value is -1.94. The summed E-state index contributed by atoms with van der Waals surface area (Å²) >= 11 is 1.59. The lowest BCUT2D eigenvalue weighted by atomic mass is 9.89. The number of fused-ring (bicyclic) bond motifs is 1. The molecule has 1 aliphatic heterocycles. The summed E-state index contributed by atoms with van der Waals surface area (Å²) in [7, 11) is 0. The van der Waals surface area contributed by atoms with Crippen molar-refractivity contribution in [2.24, 2.45) is 0 Å². The van der Waals surface area contributed by atoms with Crippen molar-refractivity contribution in [2.45, 2.75) is 55.9 Å². The molecule has 1 aliphatic rings. The standard InChI is InChI=1S/C21H25NO2S/c1-14-9-11-16(12-10-14)25-15(2)20(23)22-18-13-21(3,4)24-19-8-6-5-7-17(18)19/h5-12,15,18H,13H2,1-4H3,(H,22,23)/t15-,18+/m0/s1. The Labute approximate surface area is 154 Å². The molecule has 1 heterocycles. The van der Waals surface area contributed by atoms with Crippen LogP contribution in [0.15, 0.2) is 53.4 Å². The van der Waals surface area contributed by atoms with E-state index in [4.69, 9.17) is 4.74 Å². The van der Waals surface area contributed by atoms with Crippen molar-refractivity contribution in [2.75, 3.05) is 0 Å². The second-order valence-corrected chi connectivity index (χ2v) is 8.65. The molecular weight excluding hydrogens is 330 g/mol. The van der Waals surface area contributed by atoms with Crippen molar-refractivity contribution >= 4 is 17.7 Å². The van der Waals surface area contributed by atoms with Crippen LogP contribution in [0.1, 0.15) is 44.4 Å². The molecule has 3 nitrogen and oxygen atoms in total. The molecule has 0 unspecified atom stereocenters. The van der Waals surface area contributed by atoms with E-state index >= 15 is 0 Å². The molecule has 0 aliphatic carbocycles. The highest BCUT2D eigenvalue weighted by atomic mass is 32.2. The number of para-hydroxylation sites is 1. The van der Waals surface area contributed by atoms with Gasteiger partial charge in [-0.25, -0.2) is 0 Å². The molecule has 0 bridgehead atoms. The summed E-state index contributed by atoms with van der Waals surface area (Å²) in [5.41, 5.74) is 1.99. The largest absolute Gasteiger partial charge is 0.487 e. The van der Waals surface area contributed by atoms with E-state index in [-0.39, 0.29) is 22.8 Å². The van der Waals surface area contributed by atoms with Crippen LogP contribution in [0.5, 0.6) is 5.75 Å². The lowest BCUT2D eigenvalue weighted by Crippen LogP contribution is -2.43. The Balaban J connectivity index is 1.70. The number of hydrogen-bond donors (Lipinski definition) is 1. The van der Waals surface area contributed by atoms with Gasteiger partial charge in [-0.15, -0.1) is 11.8 Å². The van der Waals surface area contributed by atoms with Gasteiger partial charge in [-0.2, -0.15) is 0 Å². The van der Waals surface area contributed by atoms with Gasteiger partial charge >= 0.3 is 0 Å². The summed E-state index contributed by atoms with van der Waals surface area (Å²) < 4.78 is 6.04. The van der Waals surface area contributed by atoms with Crippen LogP contribution < -0.4 is 10.1 Å². The van der Waals surface area contributed by atoms with Gasteiger partial charge in [0, 0.05) is 16.9 Å². The fourth-order valence-electron chi connectivity index (χ4n) is 3.09. The molecule has 0 radical (unpaired) electrons. The summed E-state index contributed by atoms with van der Waals surface area (Å²) in [4.78, 5) is 13.8. The number of carbonyl (C=O) groups is 1. The molecule has 1 amide bonds. The minimum Gasteiger partial charge on any atom is -0.487 e. The Morgan fingerprint density at radius 2 is 1.88 bits per heavy atom. The number of aryl methyl sites for hydroxylation is 1. The van der Waals surface area contributed by atoms with Gasteiger partial charge in [0.15, 0.2) is 0 Å². The summed E-state index contributed by atoms with van der Waals surface area (Å²) in [6.45, 7) is 8.14. The first-order valence-electron chi connectivity index (χ1n) is 8.66. The molecule has 3 rings (SSSR count). The first kappa shape index (κ1) is 17.9. The van der Waals surface area contributed by atoms with Gasteiger partial charge in [0.25, 0.3) is 0 Å². The Morgan fingerprint density at radius 1 is 1.20 bits per heavy atom. The predicted octanol–water partition coefficient (Wildman–Crippen LogP) is 4.89. The van der Waals surface area contributed by atoms with E-state index in [1.165, 1.54) is 5.56 Å². The van der Waals surface area contributed by atoms with Crippen molar-refractivity contribution in [3.05, 3.63) is 59.7 Å². The first-order valence-corrected chi connectivity index (χ1v) is 9.54. The molecule has 132 valence electrons. The van der Waals surface area contributed by atoms with Crippen molar-refractivity contribution in [1.29, 1.82) is 0 Å². The second-order valence-electron chi connectivity index (χ2n) is 7.24. The van der Waals surface area contributed by atoms with Gasteiger partial charge in [0.2, 0.25) is 5.91 Å². The maximum absolute atomic E-state index is 12.7. The number of hydrogen-bond acceptors (Lipinski definition) is 3. The zero-order chi connectivity index (χ0) is 18.0. The van der Waals surface area contributed by atoms with Gasteiger partial charge in [-0.3, -0.25) is 4.79 Å². The summed E-state index contributed by atoms with van der Waals surface area (Å²) in [6.07, 6.45) is 0.762. The summed E-state index contributed by atoms with van der Waals surface area (Å²) in [5.74, 6) is 0.922. The van der Waals surface area contributed by atoms with Crippen LogP contribution in [0.4, 0.5) is 0 Å². The SMILES string of the molecule is Cc1ccc(S[C@@H](C)C(=O)N[C@@H]2CC(C)(C)Oc3ccccc32)cc1. The maximum Gasteiger partial charge on any atom is 0.233 e. The fourth-order valence-corrected chi connectivity index (χ4v) is 3.97. The lowest BCUT2D eigenvalue weighted by Gasteiger charge is -2.38. The van der Waals surface area contributed by atoms with E-state index in [1.54, 1.807) is 11.8 Å². The number of ether oxygens (including phenoxy) is 1.